The van der Waals surface area contributed by atoms with E-state index in [0.29, 0.717) is 6.61 Å². The summed E-state index contributed by atoms with van der Waals surface area (Å²) < 4.78 is 11.1. The Morgan fingerprint density at radius 2 is 2.00 bits per heavy atom. The van der Waals surface area contributed by atoms with Gasteiger partial charge in [0, 0.05) is 6.61 Å². The molecule has 0 aliphatic carbocycles. The fourth-order valence-electron chi connectivity index (χ4n) is 1.36. The third-order valence-corrected chi connectivity index (χ3v) is 2.32. The van der Waals surface area contributed by atoms with Crippen molar-refractivity contribution in [2.45, 2.75) is 53.4 Å². The topological polar surface area (TPSA) is 18.5 Å². The van der Waals surface area contributed by atoms with Crippen molar-refractivity contribution in [3.63, 3.8) is 0 Å². The molecule has 2 heteroatoms. The van der Waals surface area contributed by atoms with Gasteiger partial charge in [0.15, 0.2) is 0 Å². The molecule has 96 valence electrons. The highest BCUT2D eigenvalue weighted by molar-refractivity contribution is 4.93. The number of hydrogen-bond donors (Lipinski definition) is 0. The zero-order chi connectivity index (χ0) is 12.2. The van der Waals surface area contributed by atoms with E-state index < -0.39 is 0 Å². The van der Waals surface area contributed by atoms with E-state index in [1.165, 1.54) is 6.42 Å². The SMILES string of the molecule is CCC/C=C(\COCC)OCCCC(C)C. The number of allylic oxidation sites excluding steroid dienone is 1. The lowest BCUT2D eigenvalue weighted by Gasteiger charge is -2.11. The molecule has 0 N–H and O–H groups in total. The maximum atomic E-state index is 5.73. The van der Waals surface area contributed by atoms with Crippen LogP contribution in [0.25, 0.3) is 0 Å². The van der Waals surface area contributed by atoms with E-state index >= 15 is 0 Å². The molecule has 2 nitrogen and oxygen atoms in total. The van der Waals surface area contributed by atoms with Gasteiger partial charge in [0.2, 0.25) is 0 Å². The molecule has 0 fully saturated rings. The predicted octanol–water partition coefficient (Wildman–Crippen LogP) is 4.16. The average Bonchev–Trinajstić information content (AvgIpc) is 2.26. The first-order valence-corrected chi connectivity index (χ1v) is 6.60. The van der Waals surface area contributed by atoms with Crippen LogP contribution in [0, 0.1) is 5.92 Å². The monoisotopic (exact) mass is 228 g/mol. The first-order valence-electron chi connectivity index (χ1n) is 6.60. The minimum absolute atomic E-state index is 0.623. The highest BCUT2D eigenvalue weighted by Gasteiger charge is 1.99. The zero-order valence-corrected chi connectivity index (χ0v) is 11.4. The molecule has 0 aliphatic rings. The van der Waals surface area contributed by atoms with Crippen LogP contribution in [0.5, 0.6) is 0 Å². The Labute approximate surface area is 101 Å². The standard InChI is InChI=1S/C14H28O2/c1-5-7-10-14(12-15-6-2)16-11-8-9-13(3)4/h10,13H,5-9,11-12H2,1-4H3/b14-10+. The second-order valence-corrected chi connectivity index (χ2v) is 4.48. The van der Waals surface area contributed by atoms with Crippen molar-refractivity contribution in [1.82, 2.24) is 0 Å². The van der Waals surface area contributed by atoms with Crippen LogP contribution in [0.15, 0.2) is 11.8 Å². The molecule has 0 aliphatic heterocycles. The molecule has 0 saturated carbocycles. The molecule has 0 aromatic rings. The molecule has 0 aromatic heterocycles. The fraction of sp³-hybridized carbons (Fsp3) is 0.857. The summed E-state index contributed by atoms with van der Waals surface area (Å²) in [6.45, 7) is 10.9. The lowest BCUT2D eigenvalue weighted by molar-refractivity contribution is 0.102. The second-order valence-electron chi connectivity index (χ2n) is 4.48. The van der Waals surface area contributed by atoms with Gasteiger partial charge in [-0.05, 0) is 38.2 Å². The third kappa shape index (κ3) is 10.0. The number of rotatable bonds is 10. The van der Waals surface area contributed by atoms with Crippen LogP contribution >= 0.6 is 0 Å². The predicted molar refractivity (Wildman–Crippen MR) is 69.5 cm³/mol. The van der Waals surface area contributed by atoms with Crippen LogP contribution in [-0.4, -0.2) is 19.8 Å². The van der Waals surface area contributed by atoms with E-state index in [2.05, 4.69) is 26.8 Å². The van der Waals surface area contributed by atoms with E-state index in [9.17, 15) is 0 Å². The fourth-order valence-corrected chi connectivity index (χ4v) is 1.36. The van der Waals surface area contributed by atoms with Crippen LogP contribution in [0.4, 0.5) is 0 Å². The summed E-state index contributed by atoms with van der Waals surface area (Å²) in [5.41, 5.74) is 0. The molecular weight excluding hydrogens is 200 g/mol. The van der Waals surface area contributed by atoms with Gasteiger partial charge < -0.3 is 9.47 Å². The molecule has 0 unspecified atom stereocenters. The van der Waals surface area contributed by atoms with E-state index in [-0.39, 0.29) is 0 Å². The van der Waals surface area contributed by atoms with E-state index in [1.807, 2.05) is 6.92 Å². The summed E-state index contributed by atoms with van der Waals surface area (Å²) in [4.78, 5) is 0. The van der Waals surface area contributed by atoms with E-state index in [0.717, 1.165) is 44.2 Å². The normalized spacial score (nSPS) is 12.2. The van der Waals surface area contributed by atoms with Crippen LogP contribution < -0.4 is 0 Å². The molecule has 0 rings (SSSR count). The highest BCUT2D eigenvalue weighted by atomic mass is 16.5. The van der Waals surface area contributed by atoms with E-state index in [4.69, 9.17) is 9.47 Å². The summed E-state index contributed by atoms with van der Waals surface area (Å²) in [5, 5.41) is 0. The summed E-state index contributed by atoms with van der Waals surface area (Å²) in [6.07, 6.45) is 6.76. The molecule has 0 radical (unpaired) electrons. The second kappa shape index (κ2) is 11.0. The Bertz CT molecular complexity index is 174. The first kappa shape index (κ1) is 15.5. The van der Waals surface area contributed by atoms with Gasteiger partial charge in [0.25, 0.3) is 0 Å². The molecule has 0 saturated heterocycles. The summed E-state index contributed by atoms with van der Waals surface area (Å²) >= 11 is 0. The zero-order valence-electron chi connectivity index (χ0n) is 11.4. The Hall–Kier alpha value is -0.500. The van der Waals surface area contributed by atoms with Gasteiger partial charge >= 0.3 is 0 Å². The number of unbranched alkanes of at least 4 members (excludes halogenated alkanes) is 1. The number of hydrogen-bond acceptors (Lipinski definition) is 2. The smallest absolute Gasteiger partial charge is 0.118 e. The van der Waals surface area contributed by atoms with Gasteiger partial charge in [-0.25, -0.2) is 0 Å². The van der Waals surface area contributed by atoms with Crippen LogP contribution in [0.3, 0.4) is 0 Å². The molecule has 0 heterocycles. The highest BCUT2D eigenvalue weighted by Crippen LogP contribution is 2.07. The quantitative estimate of drug-likeness (QED) is 0.413. The summed E-state index contributed by atoms with van der Waals surface area (Å²) in [5.74, 6) is 1.77. The van der Waals surface area contributed by atoms with Gasteiger partial charge in [-0.15, -0.1) is 0 Å². The lowest BCUT2D eigenvalue weighted by atomic mass is 10.1. The van der Waals surface area contributed by atoms with Crippen LogP contribution in [0.2, 0.25) is 0 Å². The average molecular weight is 228 g/mol. The van der Waals surface area contributed by atoms with Gasteiger partial charge in [-0.1, -0.05) is 27.2 Å². The largest absolute Gasteiger partial charge is 0.496 e. The Morgan fingerprint density at radius 3 is 2.56 bits per heavy atom. The van der Waals surface area contributed by atoms with Crippen LogP contribution in [-0.2, 0) is 9.47 Å². The molecule has 0 bridgehead atoms. The molecule has 0 spiro atoms. The van der Waals surface area contributed by atoms with Crippen molar-refractivity contribution >= 4 is 0 Å². The van der Waals surface area contributed by atoms with Crippen molar-refractivity contribution in [3.05, 3.63) is 11.8 Å². The molecule has 0 atom stereocenters. The van der Waals surface area contributed by atoms with Crippen molar-refractivity contribution in [3.8, 4) is 0 Å². The molecule has 0 aromatic carbocycles. The van der Waals surface area contributed by atoms with Gasteiger partial charge in [-0.3, -0.25) is 0 Å². The van der Waals surface area contributed by atoms with Crippen LogP contribution in [0.1, 0.15) is 53.4 Å². The number of ether oxygens (including phenoxy) is 2. The van der Waals surface area contributed by atoms with Gasteiger partial charge in [0.1, 0.15) is 12.4 Å². The summed E-state index contributed by atoms with van der Waals surface area (Å²) in [7, 11) is 0. The minimum Gasteiger partial charge on any atom is -0.496 e. The van der Waals surface area contributed by atoms with Crippen molar-refractivity contribution in [2.75, 3.05) is 19.8 Å². The minimum atomic E-state index is 0.623. The molecule has 16 heavy (non-hydrogen) atoms. The maximum absolute atomic E-state index is 5.73. The maximum Gasteiger partial charge on any atom is 0.118 e. The Morgan fingerprint density at radius 1 is 1.25 bits per heavy atom. The first-order chi connectivity index (χ1) is 7.70. The van der Waals surface area contributed by atoms with Gasteiger partial charge in [0.05, 0.1) is 6.61 Å². The lowest BCUT2D eigenvalue weighted by Crippen LogP contribution is -2.04. The van der Waals surface area contributed by atoms with Crippen molar-refractivity contribution < 1.29 is 9.47 Å². The Balaban J connectivity index is 3.73. The molecular formula is C14H28O2. The van der Waals surface area contributed by atoms with Crippen molar-refractivity contribution in [2.24, 2.45) is 5.92 Å². The molecule has 0 amide bonds. The third-order valence-electron chi connectivity index (χ3n) is 2.32. The Kier molecular flexibility index (Phi) is 10.7. The van der Waals surface area contributed by atoms with Crippen molar-refractivity contribution in [1.29, 1.82) is 0 Å². The van der Waals surface area contributed by atoms with E-state index in [1.54, 1.807) is 0 Å². The summed E-state index contributed by atoms with van der Waals surface area (Å²) in [6, 6.07) is 0. The van der Waals surface area contributed by atoms with Gasteiger partial charge in [-0.2, -0.15) is 0 Å².